The van der Waals surface area contributed by atoms with Gasteiger partial charge in [0.1, 0.15) is 11.8 Å². The van der Waals surface area contributed by atoms with Crippen molar-refractivity contribution in [2.45, 2.75) is 32.6 Å². The van der Waals surface area contributed by atoms with Gasteiger partial charge in [0.05, 0.1) is 35.6 Å². The molecule has 3 rings (SSSR count). The molecule has 2 amide bonds. The van der Waals surface area contributed by atoms with Crippen LogP contribution in [-0.4, -0.2) is 36.4 Å². The summed E-state index contributed by atoms with van der Waals surface area (Å²) in [5.74, 6) is 0.576. The number of imide groups is 1. The fourth-order valence-electron chi connectivity index (χ4n) is 3.45. The summed E-state index contributed by atoms with van der Waals surface area (Å²) >= 11 is 12.8. The molecule has 1 heterocycles. The topological polar surface area (TPSA) is 135 Å². The zero-order valence-corrected chi connectivity index (χ0v) is 20.1. The number of amides is 2. The van der Waals surface area contributed by atoms with Crippen molar-refractivity contribution >= 4 is 46.6 Å². The number of aromatic nitrogens is 1. The van der Waals surface area contributed by atoms with E-state index in [0.717, 1.165) is 24.0 Å². The van der Waals surface area contributed by atoms with Crippen molar-refractivity contribution in [1.29, 1.82) is 5.26 Å². The van der Waals surface area contributed by atoms with Gasteiger partial charge in [-0.15, -0.1) is 0 Å². The largest absolute Gasteiger partial charge is 0.481 e. The first-order valence-electron chi connectivity index (χ1n) is 10.2. The highest BCUT2D eigenvalue weighted by atomic mass is 35.5. The summed E-state index contributed by atoms with van der Waals surface area (Å²) in [4.78, 5) is 27.6. The van der Waals surface area contributed by atoms with E-state index >= 15 is 0 Å². The third kappa shape index (κ3) is 5.50. The Morgan fingerprint density at radius 3 is 2.65 bits per heavy atom. The lowest BCUT2D eigenvalue weighted by atomic mass is 10.1. The Labute approximate surface area is 205 Å². The maximum absolute atomic E-state index is 11.9. The lowest BCUT2D eigenvalue weighted by molar-refractivity contribution is -0.114. The summed E-state index contributed by atoms with van der Waals surface area (Å²) in [5, 5.41) is 15.0. The number of nitrogens with one attached hydrogen (secondary N) is 2. The van der Waals surface area contributed by atoms with Crippen LogP contribution in [0.1, 0.15) is 37.3 Å². The maximum atomic E-state index is 11.9. The lowest BCUT2D eigenvalue weighted by Crippen LogP contribution is -2.36. The van der Waals surface area contributed by atoms with E-state index in [2.05, 4.69) is 27.2 Å². The van der Waals surface area contributed by atoms with Crippen LogP contribution in [0.3, 0.4) is 0 Å². The molecule has 0 aliphatic heterocycles. The number of rotatable bonds is 7. The Morgan fingerprint density at radius 1 is 1.32 bits per heavy atom. The smallest absolute Gasteiger partial charge is 0.414 e. The fourth-order valence-corrected chi connectivity index (χ4v) is 4.01. The van der Waals surface area contributed by atoms with Gasteiger partial charge in [0, 0.05) is 11.1 Å². The first-order chi connectivity index (χ1) is 16.3. The molecule has 0 bridgehead atoms. The highest BCUT2D eigenvalue weighted by molar-refractivity contribution is 6.47. The number of alkyl carbamates (subject to hydrolysis) is 1. The number of fused-ring (bicyclic) bond motifs is 1. The second-order valence-corrected chi connectivity index (χ2v) is 8.01. The van der Waals surface area contributed by atoms with Crippen molar-refractivity contribution in [1.82, 2.24) is 10.3 Å². The summed E-state index contributed by atoms with van der Waals surface area (Å²) < 4.78 is 16.0. The molecule has 0 saturated carbocycles. The van der Waals surface area contributed by atoms with Gasteiger partial charge in [0.2, 0.25) is 11.6 Å². The molecule has 34 heavy (non-hydrogen) atoms. The Hall–Kier alpha value is -3.55. The quantitative estimate of drug-likeness (QED) is 0.404. The highest BCUT2D eigenvalue weighted by Gasteiger charge is 2.28. The first kappa shape index (κ1) is 25.1. The predicted octanol–water partition coefficient (Wildman–Crippen LogP) is 4.80. The van der Waals surface area contributed by atoms with E-state index in [9.17, 15) is 9.59 Å². The van der Waals surface area contributed by atoms with Crippen LogP contribution in [0.15, 0.2) is 23.4 Å². The maximum Gasteiger partial charge on any atom is 0.414 e. The average Bonchev–Trinajstić information content (AvgIpc) is 3.19. The summed E-state index contributed by atoms with van der Waals surface area (Å²) in [6, 6.07) is 4.51. The van der Waals surface area contributed by atoms with Gasteiger partial charge in [0.15, 0.2) is 5.75 Å². The van der Waals surface area contributed by atoms with Gasteiger partial charge in [-0.05, 0) is 37.8 Å². The number of hydrogen-bond donors (Lipinski definition) is 2. The van der Waals surface area contributed by atoms with Gasteiger partial charge in [0.25, 0.3) is 5.91 Å². The van der Waals surface area contributed by atoms with E-state index in [1.807, 2.05) is 5.32 Å². The molecule has 0 radical (unpaired) electrons. The molecule has 2 aromatic rings. The van der Waals surface area contributed by atoms with E-state index in [0.29, 0.717) is 11.6 Å². The molecule has 1 atom stereocenters. The van der Waals surface area contributed by atoms with Crippen LogP contribution in [0.25, 0.3) is 0 Å². The van der Waals surface area contributed by atoms with E-state index < -0.39 is 17.7 Å². The van der Waals surface area contributed by atoms with Crippen LogP contribution in [0, 0.1) is 11.3 Å². The molecule has 1 aliphatic carbocycles. The van der Waals surface area contributed by atoms with Crippen molar-refractivity contribution in [2.75, 3.05) is 19.1 Å². The summed E-state index contributed by atoms with van der Waals surface area (Å²) in [5.41, 5.74) is 4.19. The van der Waals surface area contributed by atoms with Gasteiger partial charge in [-0.2, -0.15) is 10.4 Å². The number of carbonyl (C=O) groups excluding carboxylic acids is 2. The number of pyridine rings is 1. The van der Waals surface area contributed by atoms with Crippen LogP contribution in [0.2, 0.25) is 10.0 Å². The molecule has 1 aliphatic rings. The van der Waals surface area contributed by atoms with Gasteiger partial charge in [-0.3, -0.25) is 15.5 Å². The van der Waals surface area contributed by atoms with Crippen LogP contribution >= 0.6 is 23.2 Å². The minimum atomic E-state index is -1.03. The van der Waals surface area contributed by atoms with Crippen molar-refractivity contribution in [3.8, 4) is 23.4 Å². The molecular formula is C22H21Cl2N5O5. The Balaban J connectivity index is 1.80. The van der Waals surface area contributed by atoms with E-state index in [1.165, 1.54) is 12.1 Å². The lowest BCUT2D eigenvalue weighted by Gasteiger charge is -2.16. The predicted molar refractivity (Wildman–Crippen MR) is 126 cm³/mol. The number of benzene rings is 1. The number of anilines is 1. The molecule has 0 saturated heterocycles. The minimum Gasteiger partial charge on any atom is -0.481 e. The number of carbonyl (C=O) groups is 2. The molecule has 1 aromatic heterocycles. The number of ether oxygens (including phenoxy) is 3. The zero-order chi connectivity index (χ0) is 24.8. The van der Waals surface area contributed by atoms with E-state index in [4.69, 9.17) is 37.9 Å². The second kappa shape index (κ2) is 11.0. The van der Waals surface area contributed by atoms with Gasteiger partial charge in [-0.25, -0.2) is 9.78 Å². The second-order valence-electron chi connectivity index (χ2n) is 7.19. The third-order valence-electron chi connectivity index (χ3n) is 4.98. The standard InChI is InChI=1S/C22H21Cl2N5O5/c1-4-33-22(31)27-20(30)16(9-25)29-28-12-7-14(23)19(15(24)8-12)34-17-10-26-21(32-3)18-11(2)5-6-13(17)18/h7-8,10-11,28H,4-6H2,1-3H3,(H,27,30,31). The number of nitrogens with zero attached hydrogens (tertiary/aromatic N) is 3. The normalized spacial score (nSPS) is 14.6. The SMILES string of the molecule is CCOC(=O)NC(=O)C(C#N)=NNc1cc(Cl)c(Oc2cnc(OC)c3c2CCC3C)c(Cl)c1. The molecular weight excluding hydrogens is 485 g/mol. The number of nitriles is 1. The van der Waals surface area contributed by atoms with Gasteiger partial charge in [-0.1, -0.05) is 30.1 Å². The summed E-state index contributed by atoms with van der Waals surface area (Å²) in [7, 11) is 1.58. The van der Waals surface area contributed by atoms with Gasteiger partial charge < -0.3 is 14.2 Å². The van der Waals surface area contributed by atoms with Crippen molar-refractivity contribution in [3.05, 3.63) is 39.5 Å². The first-order valence-corrected chi connectivity index (χ1v) is 11.0. The number of hydrazone groups is 1. The van der Waals surface area contributed by atoms with Crippen molar-refractivity contribution in [2.24, 2.45) is 5.10 Å². The molecule has 0 fully saturated rings. The van der Waals surface area contributed by atoms with Gasteiger partial charge >= 0.3 is 6.09 Å². The monoisotopic (exact) mass is 505 g/mol. The van der Waals surface area contributed by atoms with E-state index in [1.54, 1.807) is 26.3 Å². The molecule has 10 nitrogen and oxygen atoms in total. The highest BCUT2D eigenvalue weighted by Crippen LogP contribution is 2.46. The average molecular weight is 506 g/mol. The molecule has 12 heteroatoms. The Bertz CT molecular complexity index is 1170. The molecule has 1 unspecified atom stereocenters. The Kier molecular flexibility index (Phi) is 8.15. The number of hydrogen-bond acceptors (Lipinski definition) is 9. The molecule has 1 aromatic carbocycles. The van der Waals surface area contributed by atoms with Crippen molar-refractivity contribution in [3.63, 3.8) is 0 Å². The minimum absolute atomic E-state index is 0.0657. The summed E-state index contributed by atoms with van der Waals surface area (Å²) in [6.07, 6.45) is 2.33. The molecule has 2 N–H and O–H groups in total. The molecule has 0 spiro atoms. The number of halogens is 2. The molecule has 178 valence electrons. The third-order valence-corrected chi connectivity index (χ3v) is 5.55. The summed E-state index contributed by atoms with van der Waals surface area (Å²) in [6.45, 7) is 3.74. The van der Waals surface area contributed by atoms with Crippen LogP contribution in [-0.2, 0) is 16.0 Å². The van der Waals surface area contributed by atoms with Crippen LogP contribution in [0.4, 0.5) is 10.5 Å². The Morgan fingerprint density at radius 2 is 2.03 bits per heavy atom. The van der Waals surface area contributed by atoms with Crippen molar-refractivity contribution < 1.29 is 23.8 Å². The zero-order valence-electron chi connectivity index (χ0n) is 18.6. The fraction of sp³-hybridized carbons (Fsp3) is 0.318. The van der Waals surface area contributed by atoms with Crippen LogP contribution < -0.4 is 20.2 Å². The number of methoxy groups -OCH3 is 1. The van der Waals surface area contributed by atoms with Crippen LogP contribution in [0.5, 0.6) is 17.4 Å². The van der Waals surface area contributed by atoms with E-state index in [-0.39, 0.29) is 34.0 Å².